The molecule has 7 heteroatoms. The summed E-state index contributed by atoms with van der Waals surface area (Å²) >= 11 is 0. The minimum Gasteiger partial charge on any atom is -0.258 e. The summed E-state index contributed by atoms with van der Waals surface area (Å²) in [7, 11) is 0. The molecule has 0 aliphatic heterocycles. The van der Waals surface area contributed by atoms with Gasteiger partial charge in [-0.2, -0.15) is 17.6 Å². The van der Waals surface area contributed by atoms with Gasteiger partial charge in [0.15, 0.2) is 0 Å². The van der Waals surface area contributed by atoms with Crippen molar-refractivity contribution in [1.82, 2.24) is 0 Å². The minimum atomic E-state index is -4.60. The summed E-state index contributed by atoms with van der Waals surface area (Å²) in [6, 6.07) is 7.28. The molecule has 0 unspecified atom stereocenters. The highest BCUT2D eigenvalue weighted by Gasteiger charge is 2.33. The maximum Gasteiger partial charge on any atom is 0.417 e. The molecule has 20 heavy (non-hydrogen) atoms. The highest BCUT2D eigenvalue weighted by Crippen LogP contribution is 2.38. The Morgan fingerprint density at radius 3 is 2.30 bits per heavy atom. The molecule has 0 aromatic heterocycles. The number of alkyl halides is 3. The molecule has 0 heterocycles. The quantitative estimate of drug-likeness (QED) is 0.465. The van der Waals surface area contributed by atoms with Crippen molar-refractivity contribution in [2.24, 2.45) is 0 Å². The third kappa shape index (κ3) is 2.61. The molecule has 0 aliphatic rings. The second kappa shape index (κ2) is 4.92. The van der Waals surface area contributed by atoms with Gasteiger partial charge in [0.05, 0.1) is 10.5 Å². The first-order valence-corrected chi connectivity index (χ1v) is 5.41. The monoisotopic (exact) mass is 285 g/mol. The molecule has 0 atom stereocenters. The van der Waals surface area contributed by atoms with Crippen LogP contribution in [-0.2, 0) is 6.18 Å². The molecule has 0 radical (unpaired) electrons. The maximum absolute atomic E-state index is 13.2. The predicted molar refractivity (Wildman–Crippen MR) is 63.5 cm³/mol. The van der Waals surface area contributed by atoms with E-state index in [1.54, 1.807) is 0 Å². The summed E-state index contributed by atoms with van der Waals surface area (Å²) in [6.45, 7) is 0. The topological polar surface area (TPSA) is 43.1 Å². The van der Waals surface area contributed by atoms with Crippen LogP contribution in [0.5, 0.6) is 0 Å². The summed E-state index contributed by atoms with van der Waals surface area (Å²) in [5.74, 6) is -1.09. The van der Waals surface area contributed by atoms with E-state index in [4.69, 9.17) is 0 Å². The van der Waals surface area contributed by atoms with Crippen molar-refractivity contribution < 1.29 is 22.5 Å². The highest BCUT2D eigenvalue weighted by molar-refractivity contribution is 5.70. The fraction of sp³-hybridized carbons (Fsp3) is 0.0769. The third-order valence-corrected chi connectivity index (χ3v) is 2.69. The van der Waals surface area contributed by atoms with E-state index in [0.717, 1.165) is 24.3 Å². The van der Waals surface area contributed by atoms with Gasteiger partial charge in [-0.05, 0) is 23.3 Å². The van der Waals surface area contributed by atoms with Gasteiger partial charge in [-0.3, -0.25) is 10.1 Å². The molecule has 104 valence electrons. The molecule has 0 saturated heterocycles. The molecule has 0 fully saturated rings. The smallest absolute Gasteiger partial charge is 0.258 e. The molecule has 2 aromatic rings. The number of halogens is 4. The zero-order valence-electron chi connectivity index (χ0n) is 9.82. The molecule has 0 amide bonds. The average Bonchev–Trinajstić information content (AvgIpc) is 2.38. The van der Waals surface area contributed by atoms with E-state index in [0.29, 0.717) is 0 Å². The van der Waals surface area contributed by atoms with E-state index in [1.165, 1.54) is 18.2 Å². The molecule has 0 aliphatic carbocycles. The number of rotatable bonds is 2. The second-order valence-corrected chi connectivity index (χ2v) is 3.97. The van der Waals surface area contributed by atoms with Gasteiger partial charge >= 0.3 is 11.9 Å². The summed E-state index contributed by atoms with van der Waals surface area (Å²) in [4.78, 5) is 9.65. The Bertz CT molecular complexity index is 668. The van der Waals surface area contributed by atoms with E-state index in [9.17, 15) is 27.7 Å². The first kappa shape index (κ1) is 14.0. The Balaban J connectivity index is 2.64. The minimum absolute atomic E-state index is 0.0639. The summed E-state index contributed by atoms with van der Waals surface area (Å²) in [5, 5.41) is 10.6. The number of benzene rings is 2. The van der Waals surface area contributed by atoms with Crippen LogP contribution >= 0.6 is 0 Å². The fourth-order valence-electron chi connectivity index (χ4n) is 1.80. The van der Waals surface area contributed by atoms with Crippen LogP contribution in [0.2, 0.25) is 0 Å². The predicted octanol–water partition coefficient (Wildman–Crippen LogP) is 4.42. The number of nitro benzene ring substituents is 1. The molecule has 0 saturated carbocycles. The van der Waals surface area contributed by atoms with Crippen LogP contribution in [0.3, 0.4) is 0 Å². The normalized spacial score (nSPS) is 11.4. The van der Waals surface area contributed by atoms with Gasteiger partial charge in [0.25, 0.3) is 0 Å². The van der Waals surface area contributed by atoms with E-state index < -0.39 is 28.2 Å². The number of hydrogen-bond acceptors (Lipinski definition) is 2. The van der Waals surface area contributed by atoms with Gasteiger partial charge in [-0.25, -0.2) is 0 Å². The molecular formula is C13H7F4NO2. The SMILES string of the molecule is O=[N+]([O-])c1cc(-c2ccccc2C(F)(F)F)ccc1F. The number of hydrogen-bond donors (Lipinski definition) is 0. The van der Waals surface area contributed by atoms with E-state index in [2.05, 4.69) is 0 Å². The van der Waals surface area contributed by atoms with Crippen molar-refractivity contribution in [3.63, 3.8) is 0 Å². The largest absolute Gasteiger partial charge is 0.417 e. The van der Waals surface area contributed by atoms with Crippen molar-refractivity contribution in [3.05, 3.63) is 64.0 Å². The molecule has 0 spiro atoms. The van der Waals surface area contributed by atoms with Crippen LogP contribution in [0.25, 0.3) is 11.1 Å². The lowest BCUT2D eigenvalue weighted by Crippen LogP contribution is -2.07. The lowest BCUT2D eigenvalue weighted by Gasteiger charge is -2.12. The zero-order chi connectivity index (χ0) is 14.9. The molecule has 0 bridgehead atoms. The van der Waals surface area contributed by atoms with Gasteiger partial charge in [-0.1, -0.05) is 24.3 Å². The Labute approximate surface area is 110 Å². The Morgan fingerprint density at radius 2 is 1.70 bits per heavy atom. The summed E-state index contributed by atoms with van der Waals surface area (Å²) in [5.41, 5.74) is -2.09. The lowest BCUT2D eigenvalue weighted by atomic mass is 9.99. The molecular weight excluding hydrogens is 278 g/mol. The van der Waals surface area contributed by atoms with Crippen molar-refractivity contribution in [1.29, 1.82) is 0 Å². The first-order valence-electron chi connectivity index (χ1n) is 5.41. The van der Waals surface area contributed by atoms with E-state index >= 15 is 0 Å². The van der Waals surface area contributed by atoms with Crippen LogP contribution < -0.4 is 0 Å². The number of nitro groups is 1. The second-order valence-electron chi connectivity index (χ2n) is 3.97. The van der Waals surface area contributed by atoms with Crippen LogP contribution in [0.1, 0.15) is 5.56 Å². The highest BCUT2D eigenvalue weighted by atomic mass is 19.4. The first-order chi connectivity index (χ1) is 9.30. The summed E-state index contributed by atoms with van der Waals surface area (Å²) in [6.07, 6.45) is -4.60. The molecule has 2 aromatic carbocycles. The Kier molecular flexibility index (Phi) is 3.44. The van der Waals surface area contributed by atoms with E-state index in [1.807, 2.05) is 0 Å². The standard InChI is InChI=1S/C13H7F4NO2/c14-11-6-5-8(7-12(11)18(19)20)9-3-1-2-4-10(9)13(15,16)17/h1-7H. The van der Waals surface area contributed by atoms with Crippen LogP contribution in [0.15, 0.2) is 42.5 Å². The number of nitrogens with zero attached hydrogens (tertiary/aromatic N) is 1. The van der Waals surface area contributed by atoms with Gasteiger partial charge < -0.3 is 0 Å². The van der Waals surface area contributed by atoms with Gasteiger partial charge in [0.1, 0.15) is 0 Å². The Hall–Kier alpha value is -2.44. The lowest BCUT2D eigenvalue weighted by molar-refractivity contribution is -0.387. The third-order valence-electron chi connectivity index (χ3n) is 2.69. The van der Waals surface area contributed by atoms with Crippen LogP contribution in [0, 0.1) is 15.9 Å². The van der Waals surface area contributed by atoms with Crippen molar-refractivity contribution in [2.75, 3.05) is 0 Å². The molecule has 0 N–H and O–H groups in total. The van der Waals surface area contributed by atoms with E-state index in [-0.39, 0.29) is 11.1 Å². The van der Waals surface area contributed by atoms with Crippen molar-refractivity contribution in [3.8, 4) is 11.1 Å². The van der Waals surface area contributed by atoms with Gasteiger partial charge in [0.2, 0.25) is 5.82 Å². The van der Waals surface area contributed by atoms with Crippen LogP contribution in [0.4, 0.5) is 23.2 Å². The van der Waals surface area contributed by atoms with Gasteiger partial charge in [0, 0.05) is 6.07 Å². The average molecular weight is 285 g/mol. The Morgan fingerprint density at radius 1 is 1.05 bits per heavy atom. The van der Waals surface area contributed by atoms with Gasteiger partial charge in [-0.15, -0.1) is 0 Å². The molecule has 3 nitrogen and oxygen atoms in total. The van der Waals surface area contributed by atoms with Crippen molar-refractivity contribution >= 4 is 5.69 Å². The fourth-order valence-corrected chi connectivity index (χ4v) is 1.80. The molecule has 2 rings (SSSR count). The summed E-state index contributed by atoms with van der Waals surface area (Å²) < 4.78 is 51.8. The zero-order valence-corrected chi connectivity index (χ0v) is 9.82. The van der Waals surface area contributed by atoms with Crippen LogP contribution in [-0.4, -0.2) is 4.92 Å². The van der Waals surface area contributed by atoms with Crippen molar-refractivity contribution in [2.45, 2.75) is 6.18 Å². The maximum atomic E-state index is 13.2.